The normalized spacial score (nSPS) is 11.2. The fraction of sp³-hybridized carbons (Fsp3) is 0. The molecule has 0 fully saturated rings. The molecule has 0 atom stereocenters. The number of rotatable bonds is 3. The molecular weight excluding hydrogens is 440 g/mol. The summed E-state index contributed by atoms with van der Waals surface area (Å²) in [6.45, 7) is 0. The van der Waals surface area contributed by atoms with Crippen LogP contribution in [0.25, 0.3) is 0 Å². The molecule has 25 heavy (non-hydrogen) atoms. The first-order valence-electron chi connectivity index (χ1n) is 7.24. The zero-order valence-corrected chi connectivity index (χ0v) is 19.1. The molecule has 0 bridgehead atoms. The van der Waals surface area contributed by atoms with Crippen LogP contribution in [0, 0.1) is 0 Å². The summed E-state index contributed by atoms with van der Waals surface area (Å²) in [5, 5.41) is 3.16. The van der Waals surface area contributed by atoms with Crippen molar-refractivity contribution in [1.82, 2.24) is 0 Å². The van der Waals surface area contributed by atoms with E-state index >= 15 is 0 Å². The molecule has 0 aliphatic rings. The van der Waals surface area contributed by atoms with Gasteiger partial charge in [-0.2, -0.15) is 0 Å². The van der Waals surface area contributed by atoms with Crippen LogP contribution in [0.3, 0.4) is 0 Å². The van der Waals surface area contributed by atoms with Crippen LogP contribution in [-0.2, 0) is 0 Å². The molecule has 7 heteroatoms. The summed E-state index contributed by atoms with van der Waals surface area (Å²) >= 11 is 28.3. The van der Waals surface area contributed by atoms with E-state index in [0.717, 1.165) is 45.3 Å². The Morgan fingerprint density at radius 3 is 0.800 bits per heavy atom. The third-order valence-corrected chi connectivity index (χ3v) is 9.73. The summed E-state index contributed by atoms with van der Waals surface area (Å²) in [5.41, 5.74) is 0. The molecule has 0 N–H and O–H groups in total. The highest BCUT2D eigenvalue weighted by molar-refractivity contribution is 7.90. The molecule has 0 saturated carbocycles. The minimum Gasteiger partial charge on any atom is -0.143 e. The van der Waals surface area contributed by atoms with Crippen molar-refractivity contribution in [3.8, 4) is 0 Å². The molecule has 0 heterocycles. The SMILES string of the molecule is Sc1cccc(S)c1P(c1c(S)cccc1S)c1c(S)cccc1S. The van der Waals surface area contributed by atoms with Crippen molar-refractivity contribution in [1.29, 1.82) is 0 Å². The van der Waals surface area contributed by atoms with Crippen LogP contribution < -0.4 is 15.9 Å². The van der Waals surface area contributed by atoms with E-state index in [-0.39, 0.29) is 0 Å². The van der Waals surface area contributed by atoms with Crippen molar-refractivity contribution in [2.45, 2.75) is 29.4 Å². The second-order valence-corrected chi connectivity index (χ2v) is 10.2. The molecule has 0 unspecified atom stereocenters. The highest BCUT2D eigenvalue weighted by atomic mass is 32.1. The summed E-state index contributed by atoms with van der Waals surface area (Å²) < 4.78 is 0. The molecule has 0 amide bonds. The van der Waals surface area contributed by atoms with Crippen LogP contribution in [0.1, 0.15) is 0 Å². The van der Waals surface area contributed by atoms with Crippen LogP contribution in [-0.4, -0.2) is 0 Å². The number of hydrogen-bond donors (Lipinski definition) is 6. The Balaban J connectivity index is 2.42. The van der Waals surface area contributed by atoms with Crippen molar-refractivity contribution in [2.24, 2.45) is 0 Å². The van der Waals surface area contributed by atoms with Crippen molar-refractivity contribution >= 4 is 99.6 Å². The maximum Gasteiger partial charge on any atom is 0.0135 e. The number of hydrogen-bond acceptors (Lipinski definition) is 6. The average molecular weight is 455 g/mol. The lowest BCUT2D eigenvalue weighted by Crippen LogP contribution is -2.26. The fourth-order valence-electron chi connectivity index (χ4n) is 2.58. The van der Waals surface area contributed by atoms with Gasteiger partial charge in [-0.3, -0.25) is 0 Å². The van der Waals surface area contributed by atoms with Crippen LogP contribution in [0.15, 0.2) is 84.0 Å². The van der Waals surface area contributed by atoms with Gasteiger partial charge in [0.25, 0.3) is 0 Å². The largest absolute Gasteiger partial charge is 0.143 e. The molecule has 0 aliphatic heterocycles. The second-order valence-electron chi connectivity index (χ2n) is 5.27. The Bertz CT molecular complexity index is 758. The minimum atomic E-state index is -1.03. The molecule has 3 aromatic carbocycles. The van der Waals surface area contributed by atoms with Crippen LogP contribution in [0.4, 0.5) is 0 Å². The summed E-state index contributed by atoms with van der Waals surface area (Å²) in [7, 11) is -1.03. The van der Waals surface area contributed by atoms with Gasteiger partial charge in [-0.05, 0) is 44.3 Å². The second kappa shape index (κ2) is 8.47. The van der Waals surface area contributed by atoms with Crippen LogP contribution in [0.2, 0.25) is 0 Å². The van der Waals surface area contributed by atoms with Gasteiger partial charge in [0.1, 0.15) is 0 Å². The molecule has 0 spiro atoms. The van der Waals surface area contributed by atoms with E-state index in [2.05, 4.69) is 0 Å². The van der Waals surface area contributed by atoms with E-state index in [9.17, 15) is 0 Å². The highest BCUT2D eigenvalue weighted by Gasteiger charge is 2.27. The van der Waals surface area contributed by atoms with E-state index in [4.69, 9.17) is 75.8 Å². The maximum absolute atomic E-state index is 4.71. The van der Waals surface area contributed by atoms with Gasteiger partial charge in [-0.1, -0.05) is 18.2 Å². The van der Waals surface area contributed by atoms with Gasteiger partial charge >= 0.3 is 0 Å². The molecule has 0 radical (unpaired) electrons. The summed E-state index contributed by atoms with van der Waals surface area (Å²) in [4.78, 5) is 5.29. The van der Waals surface area contributed by atoms with Gasteiger partial charge in [0, 0.05) is 45.3 Å². The summed E-state index contributed by atoms with van der Waals surface area (Å²) in [6, 6.07) is 17.7. The van der Waals surface area contributed by atoms with E-state index < -0.39 is 7.92 Å². The molecule has 3 rings (SSSR count). The van der Waals surface area contributed by atoms with Gasteiger partial charge in [0.2, 0.25) is 0 Å². The van der Waals surface area contributed by atoms with Crippen molar-refractivity contribution in [3.05, 3.63) is 54.6 Å². The first-order valence-corrected chi connectivity index (χ1v) is 11.3. The lowest BCUT2D eigenvalue weighted by molar-refractivity contribution is 1.37. The quantitative estimate of drug-likeness (QED) is 0.228. The summed E-state index contributed by atoms with van der Waals surface area (Å²) in [6.07, 6.45) is 0. The zero-order chi connectivity index (χ0) is 18.1. The average Bonchev–Trinajstić information content (AvgIpc) is 2.53. The van der Waals surface area contributed by atoms with Crippen LogP contribution in [0.5, 0.6) is 0 Å². The Morgan fingerprint density at radius 2 is 0.600 bits per heavy atom. The molecule has 0 aliphatic carbocycles. The number of thiol groups is 6. The van der Waals surface area contributed by atoms with E-state index in [1.54, 1.807) is 0 Å². The van der Waals surface area contributed by atoms with E-state index in [1.807, 2.05) is 54.6 Å². The molecule has 0 saturated heterocycles. The first kappa shape index (κ1) is 19.9. The fourth-order valence-corrected chi connectivity index (χ4v) is 8.38. The molecule has 0 aromatic heterocycles. The summed E-state index contributed by atoms with van der Waals surface area (Å²) in [5.74, 6) is 0. The van der Waals surface area contributed by atoms with E-state index in [1.165, 1.54) is 0 Å². The molecule has 128 valence electrons. The maximum atomic E-state index is 4.71. The van der Waals surface area contributed by atoms with Gasteiger partial charge in [0.05, 0.1) is 0 Å². The smallest absolute Gasteiger partial charge is 0.0135 e. The molecule has 0 nitrogen and oxygen atoms in total. The Labute approximate surface area is 182 Å². The topological polar surface area (TPSA) is 0 Å². The van der Waals surface area contributed by atoms with Crippen molar-refractivity contribution in [2.75, 3.05) is 0 Å². The van der Waals surface area contributed by atoms with Crippen molar-refractivity contribution < 1.29 is 0 Å². The molecule has 3 aromatic rings. The third kappa shape index (κ3) is 4.06. The monoisotopic (exact) mass is 454 g/mol. The van der Waals surface area contributed by atoms with Crippen molar-refractivity contribution in [3.63, 3.8) is 0 Å². The highest BCUT2D eigenvalue weighted by Crippen LogP contribution is 2.44. The van der Waals surface area contributed by atoms with Gasteiger partial charge in [-0.15, -0.1) is 75.8 Å². The lowest BCUT2D eigenvalue weighted by Gasteiger charge is -2.27. The Kier molecular flexibility index (Phi) is 6.76. The number of benzene rings is 3. The van der Waals surface area contributed by atoms with E-state index in [0.29, 0.717) is 0 Å². The third-order valence-electron chi connectivity index (χ3n) is 3.65. The zero-order valence-electron chi connectivity index (χ0n) is 12.8. The van der Waals surface area contributed by atoms with Gasteiger partial charge < -0.3 is 0 Å². The molecular formula is C18H15PS6. The van der Waals surface area contributed by atoms with Gasteiger partial charge in [-0.25, -0.2) is 0 Å². The predicted octanol–water partition coefficient (Wildman–Crippen LogP) is 5.18. The first-order chi connectivity index (χ1) is 11.9. The Hall–Kier alpha value is 0.190. The standard InChI is InChI=1S/C18H15PS6/c20-10-4-1-5-11(21)16(10)19(17-12(22)6-2-7-13(17)23)18-14(24)8-3-9-15(18)25/h1-9,20-25H. The van der Waals surface area contributed by atoms with Gasteiger partial charge in [0.15, 0.2) is 0 Å². The minimum absolute atomic E-state index is 0.882. The Morgan fingerprint density at radius 1 is 0.400 bits per heavy atom. The lowest BCUT2D eigenvalue weighted by atomic mass is 10.3. The van der Waals surface area contributed by atoms with Crippen LogP contribution >= 0.6 is 83.7 Å². The predicted molar refractivity (Wildman–Crippen MR) is 129 cm³/mol.